The average Bonchev–Trinajstić information content (AvgIpc) is 2.31. The second kappa shape index (κ2) is 4.66. The quantitative estimate of drug-likeness (QED) is 0.795. The first kappa shape index (κ1) is 10.5. The third-order valence-corrected chi connectivity index (χ3v) is 2.48. The molecule has 0 aliphatic carbocycles. The van der Waals surface area contributed by atoms with Crippen LogP contribution in [-0.4, -0.2) is 12.0 Å². The summed E-state index contributed by atoms with van der Waals surface area (Å²) in [5.41, 5.74) is 8.79. The van der Waals surface area contributed by atoms with Gasteiger partial charge in [0.25, 0.3) is 0 Å². The predicted molar refractivity (Wildman–Crippen MR) is 67.2 cm³/mol. The van der Waals surface area contributed by atoms with Gasteiger partial charge in [0.05, 0.1) is 0 Å². The van der Waals surface area contributed by atoms with Crippen LogP contribution in [0.3, 0.4) is 0 Å². The summed E-state index contributed by atoms with van der Waals surface area (Å²) in [5, 5.41) is 0. The summed E-state index contributed by atoms with van der Waals surface area (Å²) < 4.78 is 0. The topological polar surface area (TPSA) is 42.2 Å². The smallest absolute Gasteiger partial charge is 0.0441 e. The number of hydrogen-bond acceptors (Lipinski definition) is 3. The summed E-state index contributed by atoms with van der Waals surface area (Å²) >= 11 is 0. The third kappa shape index (κ3) is 2.51. The highest BCUT2D eigenvalue weighted by Gasteiger charge is 2.01. The normalized spacial score (nSPS) is 10.1. The molecule has 0 aliphatic rings. The van der Waals surface area contributed by atoms with Gasteiger partial charge in [-0.2, -0.15) is 0 Å². The molecule has 0 saturated heterocycles. The lowest BCUT2D eigenvalue weighted by Crippen LogP contribution is -2.16. The SMILES string of the molecule is CN(Cc1cccnc1)c1ccc(N)cc1. The number of nitrogen functional groups attached to an aromatic ring is 1. The predicted octanol–water partition coefficient (Wildman–Crippen LogP) is 2.30. The van der Waals surface area contributed by atoms with Gasteiger partial charge in [0.15, 0.2) is 0 Å². The van der Waals surface area contributed by atoms with Crippen LogP contribution in [0, 0.1) is 0 Å². The van der Waals surface area contributed by atoms with Crippen molar-refractivity contribution < 1.29 is 0 Å². The van der Waals surface area contributed by atoms with Crippen molar-refractivity contribution in [2.24, 2.45) is 0 Å². The van der Waals surface area contributed by atoms with E-state index < -0.39 is 0 Å². The minimum atomic E-state index is 0.790. The van der Waals surface area contributed by atoms with Crippen LogP contribution >= 0.6 is 0 Å². The molecule has 0 fully saturated rings. The number of nitrogens with two attached hydrogens (primary N) is 1. The molecule has 1 heterocycles. The van der Waals surface area contributed by atoms with E-state index in [4.69, 9.17) is 5.73 Å². The number of pyridine rings is 1. The van der Waals surface area contributed by atoms with Gasteiger partial charge in [-0.25, -0.2) is 0 Å². The monoisotopic (exact) mass is 213 g/mol. The molecule has 3 nitrogen and oxygen atoms in total. The number of benzene rings is 1. The van der Waals surface area contributed by atoms with E-state index in [1.54, 1.807) is 6.20 Å². The Bertz CT molecular complexity index is 436. The van der Waals surface area contributed by atoms with Gasteiger partial charge in [-0.05, 0) is 35.9 Å². The highest BCUT2D eigenvalue weighted by Crippen LogP contribution is 2.16. The molecular formula is C13H15N3. The Morgan fingerprint density at radius 1 is 1.19 bits per heavy atom. The lowest BCUT2D eigenvalue weighted by Gasteiger charge is -2.19. The zero-order valence-electron chi connectivity index (χ0n) is 9.30. The van der Waals surface area contributed by atoms with Gasteiger partial charge in [-0.1, -0.05) is 6.07 Å². The number of rotatable bonds is 3. The summed E-state index contributed by atoms with van der Waals surface area (Å²) in [7, 11) is 2.05. The zero-order valence-corrected chi connectivity index (χ0v) is 9.30. The number of hydrogen-bond donors (Lipinski definition) is 1. The van der Waals surface area contributed by atoms with Crippen molar-refractivity contribution >= 4 is 11.4 Å². The van der Waals surface area contributed by atoms with E-state index in [1.165, 1.54) is 5.56 Å². The maximum Gasteiger partial charge on any atom is 0.0441 e. The molecule has 0 unspecified atom stereocenters. The third-order valence-electron chi connectivity index (χ3n) is 2.48. The standard InChI is InChI=1S/C13H15N3/c1-16(10-11-3-2-8-15-9-11)13-6-4-12(14)5-7-13/h2-9H,10,14H2,1H3. The molecule has 1 aromatic heterocycles. The van der Waals surface area contributed by atoms with Gasteiger partial charge >= 0.3 is 0 Å². The first-order valence-corrected chi connectivity index (χ1v) is 5.21. The molecule has 2 rings (SSSR count). The fraction of sp³-hybridized carbons (Fsp3) is 0.154. The molecule has 0 aliphatic heterocycles. The molecule has 2 aromatic rings. The second-order valence-electron chi connectivity index (χ2n) is 3.81. The molecule has 82 valence electrons. The molecule has 1 aromatic carbocycles. The Kier molecular flexibility index (Phi) is 3.05. The van der Waals surface area contributed by atoms with Crippen LogP contribution in [0.15, 0.2) is 48.8 Å². The van der Waals surface area contributed by atoms with Crippen molar-refractivity contribution in [3.05, 3.63) is 54.4 Å². The lowest BCUT2D eigenvalue weighted by atomic mass is 10.2. The number of anilines is 2. The minimum Gasteiger partial charge on any atom is -0.399 e. The number of nitrogens with zero attached hydrogens (tertiary/aromatic N) is 2. The van der Waals surface area contributed by atoms with Crippen LogP contribution in [0.4, 0.5) is 11.4 Å². The lowest BCUT2D eigenvalue weighted by molar-refractivity contribution is 0.915. The Hall–Kier alpha value is -2.03. The van der Waals surface area contributed by atoms with E-state index in [2.05, 4.69) is 23.0 Å². The van der Waals surface area contributed by atoms with Crippen LogP contribution < -0.4 is 10.6 Å². The first-order valence-electron chi connectivity index (χ1n) is 5.21. The van der Waals surface area contributed by atoms with Crippen LogP contribution in [0.1, 0.15) is 5.56 Å². The molecule has 0 amide bonds. The van der Waals surface area contributed by atoms with E-state index >= 15 is 0 Å². The van der Waals surface area contributed by atoms with Crippen molar-refractivity contribution in [2.75, 3.05) is 17.7 Å². The molecular weight excluding hydrogens is 198 g/mol. The van der Waals surface area contributed by atoms with Gasteiger partial charge in [0, 0.05) is 37.4 Å². The first-order chi connectivity index (χ1) is 7.75. The van der Waals surface area contributed by atoms with E-state index in [0.717, 1.165) is 17.9 Å². The van der Waals surface area contributed by atoms with Gasteiger partial charge in [0.1, 0.15) is 0 Å². The molecule has 0 spiro atoms. The Morgan fingerprint density at radius 2 is 1.94 bits per heavy atom. The van der Waals surface area contributed by atoms with E-state index in [0.29, 0.717) is 0 Å². The second-order valence-corrected chi connectivity index (χ2v) is 3.81. The summed E-state index contributed by atoms with van der Waals surface area (Å²) in [4.78, 5) is 6.26. The van der Waals surface area contributed by atoms with Crippen molar-refractivity contribution in [3.63, 3.8) is 0 Å². The summed E-state index contributed by atoms with van der Waals surface area (Å²) in [6, 6.07) is 11.9. The Labute approximate surface area is 95.5 Å². The fourth-order valence-electron chi connectivity index (χ4n) is 1.59. The molecule has 0 bridgehead atoms. The van der Waals surface area contributed by atoms with Crippen LogP contribution in [-0.2, 0) is 6.54 Å². The van der Waals surface area contributed by atoms with Crippen molar-refractivity contribution in [1.82, 2.24) is 4.98 Å². The molecule has 0 saturated carbocycles. The fourth-order valence-corrected chi connectivity index (χ4v) is 1.59. The largest absolute Gasteiger partial charge is 0.399 e. The number of aromatic nitrogens is 1. The summed E-state index contributed by atoms with van der Waals surface area (Å²) in [6.45, 7) is 0.845. The summed E-state index contributed by atoms with van der Waals surface area (Å²) in [6.07, 6.45) is 3.67. The van der Waals surface area contributed by atoms with Gasteiger partial charge in [-0.15, -0.1) is 0 Å². The van der Waals surface area contributed by atoms with E-state index in [1.807, 2.05) is 36.5 Å². The molecule has 0 radical (unpaired) electrons. The van der Waals surface area contributed by atoms with Crippen LogP contribution in [0.5, 0.6) is 0 Å². The Morgan fingerprint density at radius 3 is 2.56 bits per heavy atom. The Balaban J connectivity index is 2.09. The average molecular weight is 213 g/mol. The minimum absolute atomic E-state index is 0.790. The van der Waals surface area contributed by atoms with Crippen molar-refractivity contribution in [2.45, 2.75) is 6.54 Å². The van der Waals surface area contributed by atoms with Crippen LogP contribution in [0.2, 0.25) is 0 Å². The van der Waals surface area contributed by atoms with Gasteiger partial charge < -0.3 is 10.6 Å². The van der Waals surface area contributed by atoms with Gasteiger partial charge in [-0.3, -0.25) is 4.98 Å². The maximum absolute atomic E-state index is 5.65. The molecule has 0 atom stereocenters. The van der Waals surface area contributed by atoms with Crippen LogP contribution in [0.25, 0.3) is 0 Å². The van der Waals surface area contributed by atoms with Gasteiger partial charge in [0.2, 0.25) is 0 Å². The van der Waals surface area contributed by atoms with E-state index in [-0.39, 0.29) is 0 Å². The van der Waals surface area contributed by atoms with E-state index in [9.17, 15) is 0 Å². The molecule has 2 N–H and O–H groups in total. The maximum atomic E-state index is 5.65. The molecule has 3 heteroatoms. The highest BCUT2D eigenvalue weighted by atomic mass is 15.1. The zero-order chi connectivity index (χ0) is 11.4. The summed E-state index contributed by atoms with van der Waals surface area (Å²) in [5.74, 6) is 0. The van der Waals surface area contributed by atoms with Crippen molar-refractivity contribution in [1.29, 1.82) is 0 Å². The molecule has 16 heavy (non-hydrogen) atoms. The highest BCUT2D eigenvalue weighted by molar-refractivity contribution is 5.52. The van der Waals surface area contributed by atoms with Crippen molar-refractivity contribution in [3.8, 4) is 0 Å².